The average Bonchev–Trinajstić information content (AvgIpc) is 2.69. The molecule has 0 bridgehead atoms. The average molecular weight is 253 g/mol. The van der Waals surface area contributed by atoms with Gasteiger partial charge in [0.1, 0.15) is 5.15 Å². The molecule has 90 valence electrons. The third kappa shape index (κ3) is 2.47. The van der Waals surface area contributed by atoms with Crippen molar-refractivity contribution in [3.8, 4) is 0 Å². The Bertz CT molecular complexity index is 462. The zero-order chi connectivity index (χ0) is 12.4. The van der Waals surface area contributed by atoms with Crippen LogP contribution in [0.5, 0.6) is 0 Å². The van der Waals surface area contributed by atoms with Crippen molar-refractivity contribution in [2.24, 2.45) is 5.92 Å². The molecule has 2 amide bonds. The van der Waals surface area contributed by atoms with Gasteiger partial charge in [-0.15, -0.1) is 0 Å². The summed E-state index contributed by atoms with van der Waals surface area (Å²) in [6.07, 6.45) is 2.83. The number of hydrogen-bond donors (Lipinski definition) is 0. The monoisotopic (exact) mass is 252 g/mol. The van der Waals surface area contributed by atoms with Crippen molar-refractivity contribution in [3.05, 3.63) is 29.0 Å². The molecule has 0 radical (unpaired) electrons. The Kier molecular flexibility index (Phi) is 3.43. The lowest BCUT2D eigenvalue weighted by Gasteiger charge is -2.14. The molecule has 1 aromatic rings. The maximum absolute atomic E-state index is 12.1. The lowest BCUT2D eigenvalue weighted by Crippen LogP contribution is -2.32. The van der Waals surface area contributed by atoms with Crippen molar-refractivity contribution < 1.29 is 9.59 Å². The summed E-state index contributed by atoms with van der Waals surface area (Å²) in [4.78, 5) is 28.9. The van der Waals surface area contributed by atoms with Crippen LogP contribution in [0.2, 0.25) is 5.15 Å². The maximum atomic E-state index is 12.1. The summed E-state index contributed by atoms with van der Waals surface area (Å²) in [6, 6.07) is 3.05. The lowest BCUT2D eigenvalue weighted by atomic mass is 10.1. The predicted octanol–water partition coefficient (Wildman–Crippen LogP) is 2.13. The molecular weight excluding hydrogens is 240 g/mol. The highest BCUT2D eigenvalue weighted by Crippen LogP contribution is 2.22. The van der Waals surface area contributed by atoms with Crippen LogP contribution in [0, 0.1) is 5.92 Å². The van der Waals surface area contributed by atoms with Gasteiger partial charge in [-0.05, 0) is 18.1 Å². The minimum atomic E-state index is -0.282. The molecule has 1 aliphatic rings. The van der Waals surface area contributed by atoms with Crippen LogP contribution in [0.25, 0.3) is 0 Å². The van der Waals surface area contributed by atoms with E-state index >= 15 is 0 Å². The number of halogens is 1. The van der Waals surface area contributed by atoms with E-state index < -0.39 is 0 Å². The van der Waals surface area contributed by atoms with Crippen LogP contribution in [0.4, 0.5) is 0 Å². The summed E-state index contributed by atoms with van der Waals surface area (Å²) in [5.74, 6) is -0.103. The molecule has 0 saturated carbocycles. The van der Waals surface area contributed by atoms with Crippen LogP contribution < -0.4 is 0 Å². The first-order chi connectivity index (χ1) is 8.11. The summed E-state index contributed by atoms with van der Waals surface area (Å²) in [7, 11) is 0. The Hall–Kier alpha value is -1.42. The van der Waals surface area contributed by atoms with E-state index in [-0.39, 0.29) is 22.9 Å². The van der Waals surface area contributed by atoms with Gasteiger partial charge in [0.05, 0.1) is 0 Å². The third-order valence-electron chi connectivity index (χ3n) is 3.00. The quantitative estimate of drug-likeness (QED) is 0.599. The number of rotatable bonds is 2. The zero-order valence-electron chi connectivity index (χ0n) is 9.52. The van der Waals surface area contributed by atoms with E-state index in [1.165, 1.54) is 17.2 Å². The molecule has 2 heterocycles. The first-order valence-corrected chi connectivity index (χ1v) is 5.96. The van der Waals surface area contributed by atoms with Crippen molar-refractivity contribution in [2.75, 3.05) is 6.54 Å². The van der Waals surface area contributed by atoms with E-state index in [2.05, 4.69) is 4.98 Å². The Morgan fingerprint density at radius 2 is 2.41 bits per heavy atom. The fourth-order valence-corrected chi connectivity index (χ4v) is 2.12. The number of carbonyl (C=O) groups excluding carboxylic acids is 2. The summed E-state index contributed by atoms with van der Waals surface area (Å²) >= 11 is 5.72. The smallest absolute Gasteiger partial charge is 0.260 e. The van der Waals surface area contributed by atoms with E-state index in [0.29, 0.717) is 18.5 Å². The van der Waals surface area contributed by atoms with Gasteiger partial charge >= 0.3 is 0 Å². The number of likely N-dealkylation sites (tertiary alicyclic amines) is 1. The van der Waals surface area contributed by atoms with Gasteiger partial charge in [-0.2, -0.15) is 0 Å². The molecule has 1 fully saturated rings. The zero-order valence-corrected chi connectivity index (χ0v) is 10.3. The van der Waals surface area contributed by atoms with Gasteiger partial charge in [-0.1, -0.05) is 24.9 Å². The molecular formula is C12H13ClN2O2. The first-order valence-electron chi connectivity index (χ1n) is 5.58. The number of amides is 2. The molecule has 17 heavy (non-hydrogen) atoms. The van der Waals surface area contributed by atoms with Crippen molar-refractivity contribution >= 4 is 23.4 Å². The van der Waals surface area contributed by atoms with E-state index in [1.807, 2.05) is 6.92 Å². The minimum Gasteiger partial charge on any atom is -0.278 e. The topological polar surface area (TPSA) is 50.3 Å². The van der Waals surface area contributed by atoms with E-state index in [1.54, 1.807) is 6.07 Å². The standard InChI is InChI=1S/C12H13ClN2O2/c1-2-8-5-11(16)15(7-8)12(17)9-3-4-14-10(13)6-9/h3-4,6,8H,2,5,7H2,1H3. The number of carbonyl (C=O) groups is 2. The van der Waals surface area contributed by atoms with Crippen molar-refractivity contribution in [3.63, 3.8) is 0 Å². The van der Waals surface area contributed by atoms with Gasteiger partial charge in [0.2, 0.25) is 5.91 Å². The second-order valence-electron chi connectivity index (χ2n) is 4.16. The molecule has 0 aromatic carbocycles. The number of imide groups is 1. The van der Waals surface area contributed by atoms with Crippen LogP contribution >= 0.6 is 11.6 Å². The molecule has 0 N–H and O–H groups in total. The highest BCUT2D eigenvalue weighted by atomic mass is 35.5. The fraction of sp³-hybridized carbons (Fsp3) is 0.417. The van der Waals surface area contributed by atoms with Crippen molar-refractivity contribution in [1.29, 1.82) is 0 Å². The van der Waals surface area contributed by atoms with E-state index in [0.717, 1.165) is 6.42 Å². The lowest BCUT2D eigenvalue weighted by molar-refractivity contribution is -0.125. The molecule has 4 nitrogen and oxygen atoms in total. The van der Waals surface area contributed by atoms with Crippen molar-refractivity contribution in [1.82, 2.24) is 9.88 Å². The van der Waals surface area contributed by atoms with Crippen LogP contribution in [0.1, 0.15) is 30.1 Å². The normalized spacial score (nSPS) is 19.8. The molecule has 2 rings (SSSR count). The van der Waals surface area contributed by atoms with Crippen LogP contribution in [0.15, 0.2) is 18.3 Å². The molecule has 1 unspecified atom stereocenters. The fourth-order valence-electron chi connectivity index (χ4n) is 1.94. The van der Waals surface area contributed by atoms with E-state index in [9.17, 15) is 9.59 Å². The van der Waals surface area contributed by atoms with Crippen LogP contribution in [-0.2, 0) is 4.79 Å². The molecule has 1 atom stereocenters. The Labute approximate surface area is 105 Å². The Morgan fingerprint density at radius 3 is 3.00 bits per heavy atom. The molecule has 1 aromatic heterocycles. The molecule has 0 spiro atoms. The summed E-state index contributed by atoms with van der Waals surface area (Å²) in [5.41, 5.74) is 0.412. The van der Waals surface area contributed by atoms with Gasteiger partial charge in [-0.25, -0.2) is 4.98 Å². The van der Waals surface area contributed by atoms with Gasteiger partial charge < -0.3 is 0 Å². The highest BCUT2D eigenvalue weighted by molar-refractivity contribution is 6.29. The number of aromatic nitrogens is 1. The SMILES string of the molecule is CCC1CC(=O)N(C(=O)c2ccnc(Cl)c2)C1. The van der Waals surface area contributed by atoms with Gasteiger partial charge in [0, 0.05) is 24.7 Å². The minimum absolute atomic E-state index is 0.102. The summed E-state index contributed by atoms with van der Waals surface area (Å²) in [6.45, 7) is 2.53. The largest absolute Gasteiger partial charge is 0.278 e. The maximum Gasteiger partial charge on any atom is 0.260 e. The van der Waals surface area contributed by atoms with Crippen molar-refractivity contribution in [2.45, 2.75) is 19.8 Å². The molecule has 5 heteroatoms. The van der Waals surface area contributed by atoms with Crippen LogP contribution in [0.3, 0.4) is 0 Å². The second-order valence-corrected chi connectivity index (χ2v) is 4.54. The van der Waals surface area contributed by atoms with Gasteiger partial charge in [0.15, 0.2) is 0 Å². The number of hydrogen-bond acceptors (Lipinski definition) is 3. The molecule has 1 saturated heterocycles. The summed E-state index contributed by atoms with van der Waals surface area (Å²) < 4.78 is 0. The Balaban J connectivity index is 2.18. The number of pyridine rings is 1. The van der Waals surface area contributed by atoms with Crippen LogP contribution in [-0.4, -0.2) is 28.2 Å². The highest BCUT2D eigenvalue weighted by Gasteiger charge is 2.33. The van der Waals surface area contributed by atoms with E-state index in [4.69, 9.17) is 11.6 Å². The van der Waals surface area contributed by atoms with Gasteiger partial charge in [0.25, 0.3) is 5.91 Å². The third-order valence-corrected chi connectivity index (χ3v) is 3.21. The van der Waals surface area contributed by atoms with Gasteiger partial charge in [-0.3, -0.25) is 14.5 Å². The Morgan fingerprint density at radius 1 is 1.65 bits per heavy atom. The predicted molar refractivity (Wildman–Crippen MR) is 63.7 cm³/mol. The number of nitrogens with zero attached hydrogens (tertiary/aromatic N) is 2. The molecule has 1 aliphatic heterocycles. The second kappa shape index (κ2) is 4.84. The molecule has 0 aliphatic carbocycles. The first kappa shape index (κ1) is 12.0. The summed E-state index contributed by atoms with van der Waals surface area (Å²) in [5, 5.41) is 0.259.